The van der Waals surface area contributed by atoms with Crippen molar-refractivity contribution in [2.24, 2.45) is 7.05 Å². The van der Waals surface area contributed by atoms with Crippen molar-refractivity contribution in [1.29, 1.82) is 0 Å². The number of piperazine rings is 1. The van der Waals surface area contributed by atoms with E-state index in [0.717, 1.165) is 0 Å². The Morgan fingerprint density at radius 2 is 2.12 bits per heavy atom. The minimum atomic E-state index is -3.73. The molecule has 2 heterocycles. The summed E-state index contributed by atoms with van der Waals surface area (Å²) in [5, 5.41) is 3.21. The zero-order valence-electron chi connectivity index (χ0n) is 13.4. The van der Waals surface area contributed by atoms with Crippen LogP contribution in [0.4, 0.5) is 4.39 Å². The second kappa shape index (κ2) is 7.18. The minimum Gasteiger partial charge on any atom is -0.337 e. The summed E-state index contributed by atoms with van der Waals surface area (Å²) in [4.78, 5) is 4.43. The van der Waals surface area contributed by atoms with Crippen molar-refractivity contribution in [1.82, 2.24) is 19.2 Å². The molecule has 24 heavy (non-hydrogen) atoms. The molecule has 1 aromatic carbocycles. The highest BCUT2D eigenvalue weighted by Crippen LogP contribution is 2.29. The van der Waals surface area contributed by atoms with Gasteiger partial charge in [-0.1, -0.05) is 0 Å². The first-order chi connectivity index (χ1) is 10.9. The number of nitrogens with zero attached hydrogens (tertiary/aromatic N) is 3. The van der Waals surface area contributed by atoms with Gasteiger partial charge in [-0.15, -0.1) is 12.4 Å². The predicted octanol–water partition coefficient (Wildman–Crippen LogP) is 1.62. The summed E-state index contributed by atoms with van der Waals surface area (Å²) < 4.78 is 42.7. The first kappa shape index (κ1) is 18.9. The van der Waals surface area contributed by atoms with Crippen LogP contribution in [0.3, 0.4) is 0 Å². The van der Waals surface area contributed by atoms with E-state index in [4.69, 9.17) is 0 Å². The van der Waals surface area contributed by atoms with Gasteiger partial charge in [-0.25, -0.2) is 17.8 Å². The molecule has 1 unspecified atom stereocenters. The first-order valence-corrected chi connectivity index (χ1v) is 8.81. The molecule has 3 rings (SSSR count). The zero-order chi connectivity index (χ0) is 16.6. The lowest BCUT2D eigenvalue weighted by Gasteiger charge is -2.35. The van der Waals surface area contributed by atoms with Gasteiger partial charge in [0, 0.05) is 39.1 Å². The Labute approximate surface area is 147 Å². The number of halogens is 2. The highest BCUT2D eigenvalue weighted by atomic mass is 35.5. The van der Waals surface area contributed by atoms with Gasteiger partial charge in [0.15, 0.2) is 0 Å². The predicted molar refractivity (Wildman–Crippen MR) is 91.1 cm³/mol. The lowest BCUT2D eigenvalue weighted by molar-refractivity contribution is 0.258. The highest BCUT2D eigenvalue weighted by molar-refractivity contribution is 7.89. The monoisotopic (exact) mass is 374 g/mol. The molecule has 2 aromatic rings. The van der Waals surface area contributed by atoms with E-state index in [2.05, 4.69) is 10.3 Å². The molecule has 1 aliphatic heterocycles. The largest absolute Gasteiger partial charge is 0.337 e. The molecule has 1 saturated heterocycles. The molecule has 6 nitrogen and oxygen atoms in total. The van der Waals surface area contributed by atoms with Gasteiger partial charge >= 0.3 is 0 Å². The van der Waals surface area contributed by atoms with Crippen LogP contribution in [0.5, 0.6) is 0 Å². The fraction of sp³-hybridized carbons (Fsp3) is 0.400. The number of aryl methyl sites for hydroxylation is 2. The van der Waals surface area contributed by atoms with Crippen molar-refractivity contribution in [2.75, 3.05) is 19.6 Å². The van der Waals surface area contributed by atoms with E-state index >= 15 is 0 Å². The van der Waals surface area contributed by atoms with E-state index in [1.807, 2.05) is 11.6 Å². The quantitative estimate of drug-likeness (QED) is 0.886. The Morgan fingerprint density at radius 1 is 1.38 bits per heavy atom. The average Bonchev–Trinajstić information content (AvgIpc) is 2.93. The normalized spacial score (nSPS) is 19.0. The number of aromatic nitrogens is 2. The molecule has 1 N–H and O–H groups in total. The minimum absolute atomic E-state index is 0. The Balaban J connectivity index is 0.00000208. The molecule has 1 fully saturated rings. The van der Waals surface area contributed by atoms with Gasteiger partial charge in [-0.2, -0.15) is 4.31 Å². The number of nitrogens with one attached hydrogen (secondary N) is 1. The number of hydrogen-bond donors (Lipinski definition) is 1. The van der Waals surface area contributed by atoms with E-state index in [-0.39, 0.29) is 17.3 Å². The maximum absolute atomic E-state index is 13.3. The van der Waals surface area contributed by atoms with Gasteiger partial charge in [0.05, 0.1) is 10.9 Å². The number of benzene rings is 1. The molecule has 0 aliphatic carbocycles. The lowest BCUT2D eigenvalue weighted by atomic mass is 10.2. The Morgan fingerprint density at radius 3 is 2.75 bits per heavy atom. The molecule has 0 radical (unpaired) electrons. The van der Waals surface area contributed by atoms with Crippen molar-refractivity contribution in [2.45, 2.75) is 17.9 Å². The fourth-order valence-corrected chi connectivity index (χ4v) is 4.71. The van der Waals surface area contributed by atoms with Gasteiger partial charge in [0.25, 0.3) is 0 Å². The van der Waals surface area contributed by atoms with E-state index in [0.29, 0.717) is 31.0 Å². The molecule has 132 valence electrons. The summed E-state index contributed by atoms with van der Waals surface area (Å²) in [5.41, 5.74) is 0.405. The molecule has 1 aliphatic rings. The van der Waals surface area contributed by atoms with Crippen LogP contribution in [-0.4, -0.2) is 41.9 Å². The van der Waals surface area contributed by atoms with Crippen LogP contribution in [-0.2, 0) is 17.1 Å². The van der Waals surface area contributed by atoms with Gasteiger partial charge in [0.2, 0.25) is 10.0 Å². The number of hydrogen-bond acceptors (Lipinski definition) is 4. The highest BCUT2D eigenvalue weighted by Gasteiger charge is 2.37. The topological polar surface area (TPSA) is 67.2 Å². The molecule has 9 heteroatoms. The van der Waals surface area contributed by atoms with Crippen molar-refractivity contribution >= 4 is 22.4 Å². The summed E-state index contributed by atoms with van der Waals surface area (Å²) in [7, 11) is -1.89. The van der Waals surface area contributed by atoms with Crippen molar-refractivity contribution in [3.8, 4) is 0 Å². The fourth-order valence-electron chi connectivity index (χ4n) is 2.92. The maximum atomic E-state index is 13.3. The third-order valence-electron chi connectivity index (χ3n) is 4.07. The second-order valence-electron chi connectivity index (χ2n) is 5.64. The van der Waals surface area contributed by atoms with E-state index in [1.54, 1.807) is 19.3 Å². The van der Waals surface area contributed by atoms with Crippen LogP contribution in [0.15, 0.2) is 35.5 Å². The lowest BCUT2D eigenvalue weighted by Crippen LogP contribution is -2.49. The van der Waals surface area contributed by atoms with Gasteiger partial charge in [-0.05, 0) is 30.7 Å². The van der Waals surface area contributed by atoms with Crippen LogP contribution >= 0.6 is 12.4 Å². The number of sulfonamides is 1. The van der Waals surface area contributed by atoms with Crippen LogP contribution in [0.25, 0.3) is 0 Å². The molecule has 0 bridgehead atoms. The number of imidazole rings is 1. The van der Waals surface area contributed by atoms with Crippen LogP contribution in [0.1, 0.15) is 17.4 Å². The SMILES string of the molecule is Cc1cc(F)ccc1S(=O)(=O)N1CCNCC1c1nccn1C.Cl. The third kappa shape index (κ3) is 3.32. The average molecular weight is 375 g/mol. The molecule has 0 saturated carbocycles. The van der Waals surface area contributed by atoms with Crippen molar-refractivity contribution in [3.63, 3.8) is 0 Å². The smallest absolute Gasteiger partial charge is 0.244 e. The van der Waals surface area contributed by atoms with Crippen molar-refractivity contribution < 1.29 is 12.8 Å². The summed E-state index contributed by atoms with van der Waals surface area (Å²) in [5.74, 6) is 0.239. The molecular formula is C15H20ClFN4O2S. The standard InChI is InChI=1S/C15H19FN4O2S.ClH/c1-11-9-12(16)3-4-14(11)23(21,22)20-8-5-17-10-13(20)15-18-6-7-19(15)2;/h3-4,6-7,9,13,17H,5,8,10H2,1-2H3;1H. The van der Waals surface area contributed by atoms with E-state index in [1.165, 1.54) is 22.5 Å². The summed E-state index contributed by atoms with van der Waals surface area (Å²) in [6.45, 7) is 3.01. The maximum Gasteiger partial charge on any atom is 0.244 e. The van der Waals surface area contributed by atoms with Crippen LogP contribution in [0.2, 0.25) is 0 Å². The molecule has 1 atom stereocenters. The van der Waals surface area contributed by atoms with Gasteiger partial charge in [-0.3, -0.25) is 0 Å². The summed E-state index contributed by atoms with van der Waals surface area (Å²) in [6.07, 6.45) is 3.44. The van der Waals surface area contributed by atoms with E-state index < -0.39 is 21.9 Å². The van der Waals surface area contributed by atoms with Gasteiger partial charge < -0.3 is 9.88 Å². The van der Waals surface area contributed by atoms with Crippen LogP contribution < -0.4 is 5.32 Å². The Bertz CT molecular complexity index is 825. The van der Waals surface area contributed by atoms with Gasteiger partial charge in [0.1, 0.15) is 11.6 Å². The Kier molecular flexibility index (Phi) is 5.64. The summed E-state index contributed by atoms with van der Waals surface area (Å²) in [6, 6.07) is 3.36. The zero-order valence-corrected chi connectivity index (χ0v) is 15.1. The van der Waals surface area contributed by atoms with Crippen molar-refractivity contribution in [3.05, 3.63) is 47.8 Å². The second-order valence-corrected chi connectivity index (χ2v) is 7.50. The summed E-state index contributed by atoms with van der Waals surface area (Å²) >= 11 is 0. The van der Waals surface area contributed by atoms with E-state index in [9.17, 15) is 12.8 Å². The van der Waals surface area contributed by atoms with Crippen LogP contribution in [0, 0.1) is 12.7 Å². The molecule has 0 spiro atoms. The molecule has 0 amide bonds. The third-order valence-corrected chi connectivity index (χ3v) is 6.14. The first-order valence-electron chi connectivity index (χ1n) is 7.37. The Hall–Kier alpha value is -1.48. The molecular weight excluding hydrogens is 355 g/mol. The number of rotatable bonds is 3. The molecule has 1 aromatic heterocycles.